The molecular weight excluding hydrogens is 697 g/mol. The van der Waals surface area contributed by atoms with Gasteiger partial charge < -0.3 is 14.2 Å². The normalized spacial score (nSPS) is 12.1. The first kappa shape index (κ1) is 53.9. The molecule has 0 aromatic rings. The average Bonchev–Trinajstić information content (AvgIpc) is 3.19. The van der Waals surface area contributed by atoms with Crippen LogP contribution in [0, 0.1) is 0 Å². The summed E-state index contributed by atoms with van der Waals surface area (Å²) in [7, 11) is 0. The van der Waals surface area contributed by atoms with E-state index in [2.05, 4.69) is 45.1 Å². The number of esters is 3. The predicted molar refractivity (Wildman–Crippen MR) is 238 cm³/mol. The third-order valence-electron chi connectivity index (χ3n) is 10.7. The van der Waals surface area contributed by atoms with Gasteiger partial charge in [0.25, 0.3) is 0 Å². The van der Waals surface area contributed by atoms with Crippen molar-refractivity contribution < 1.29 is 28.6 Å². The first-order chi connectivity index (χ1) is 27.5. The highest BCUT2D eigenvalue weighted by molar-refractivity contribution is 5.71. The first-order valence-corrected chi connectivity index (χ1v) is 24.3. The van der Waals surface area contributed by atoms with Gasteiger partial charge in [-0.1, -0.05) is 199 Å². The second kappa shape index (κ2) is 45.6. The van der Waals surface area contributed by atoms with Gasteiger partial charge in [-0.3, -0.25) is 14.4 Å². The van der Waals surface area contributed by atoms with E-state index in [1.54, 1.807) is 0 Å². The van der Waals surface area contributed by atoms with Gasteiger partial charge in [0.15, 0.2) is 6.10 Å². The van der Waals surface area contributed by atoms with Crippen molar-refractivity contribution in [3.8, 4) is 0 Å². The molecular formula is C50H92O6. The van der Waals surface area contributed by atoms with Gasteiger partial charge in [0.05, 0.1) is 0 Å². The summed E-state index contributed by atoms with van der Waals surface area (Å²) in [6, 6.07) is 0. The summed E-state index contributed by atoms with van der Waals surface area (Å²) in [5, 5.41) is 0. The molecule has 0 N–H and O–H groups in total. The number of unbranched alkanes of at least 4 members (excludes halogenated alkanes) is 29. The van der Waals surface area contributed by atoms with Crippen molar-refractivity contribution in [3.05, 3.63) is 24.3 Å². The summed E-state index contributed by atoms with van der Waals surface area (Å²) in [6.07, 6.45) is 50.2. The highest BCUT2D eigenvalue weighted by Gasteiger charge is 2.19. The van der Waals surface area contributed by atoms with Crippen LogP contribution in [0.3, 0.4) is 0 Å². The van der Waals surface area contributed by atoms with Crippen molar-refractivity contribution in [2.24, 2.45) is 0 Å². The zero-order chi connectivity index (χ0) is 40.8. The number of rotatable bonds is 44. The number of carbonyl (C=O) groups excluding carboxylic acids is 3. The van der Waals surface area contributed by atoms with Gasteiger partial charge in [0, 0.05) is 19.3 Å². The molecule has 0 aliphatic rings. The number of allylic oxidation sites excluding steroid dienone is 4. The van der Waals surface area contributed by atoms with Gasteiger partial charge >= 0.3 is 17.9 Å². The van der Waals surface area contributed by atoms with Gasteiger partial charge in [-0.2, -0.15) is 0 Å². The minimum Gasteiger partial charge on any atom is -0.462 e. The van der Waals surface area contributed by atoms with Gasteiger partial charge in [-0.25, -0.2) is 0 Å². The van der Waals surface area contributed by atoms with Crippen LogP contribution in [0.5, 0.6) is 0 Å². The molecule has 6 nitrogen and oxygen atoms in total. The SMILES string of the molecule is CCCCCC/C=C\CCCCCCCCCC(=O)OCC(COC(=O)CCC/C=C\CCCCCC)OC(=O)CCCCCCCCCCCCCCCC. The summed E-state index contributed by atoms with van der Waals surface area (Å²) < 4.78 is 16.7. The highest BCUT2D eigenvalue weighted by atomic mass is 16.6. The number of hydrogen-bond donors (Lipinski definition) is 0. The van der Waals surface area contributed by atoms with Crippen LogP contribution in [-0.2, 0) is 28.6 Å². The monoisotopic (exact) mass is 789 g/mol. The van der Waals surface area contributed by atoms with Crippen molar-refractivity contribution in [1.82, 2.24) is 0 Å². The molecule has 0 bridgehead atoms. The standard InChI is InChI=1S/C50H92O6/c1-4-7-10-13-16-19-21-23-25-27-28-31-34-37-40-43-49(52)55-46-47(45-54-48(51)42-39-36-33-30-18-15-12-9-6-3)56-50(53)44-41-38-35-32-29-26-24-22-20-17-14-11-8-5-2/h19,21,30,33,47H,4-18,20,22-29,31-32,34-46H2,1-3H3/b21-19-,33-30-. The molecule has 328 valence electrons. The van der Waals surface area contributed by atoms with Crippen LogP contribution in [0.2, 0.25) is 0 Å². The van der Waals surface area contributed by atoms with Crippen LogP contribution < -0.4 is 0 Å². The maximum atomic E-state index is 12.7. The zero-order valence-corrected chi connectivity index (χ0v) is 37.4. The smallest absolute Gasteiger partial charge is 0.306 e. The van der Waals surface area contributed by atoms with Crippen LogP contribution in [0.4, 0.5) is 0 Å². The lowest BCUT2D eigenvalue weighted by Crippen LogP contribution is -2.30. The third-order valence-corrected chi connectivity index (χ3v) is 10.7. The molecule has 0 aromatic heterocycles. The van der Waals surface area contributed by atoms with Crippen LogP contribution >= 0.6 is 0 Å². The Morgan fingerprint density at radius 3 is 0.982 bits per heavy atom. The minimum absolute atomic E-state index is 0.0788. The Morgan fingerprint density at radius 2 is 0.607 bits per heavy atom. The second-order valence-electron chi connectivity index (χ2n) is 16.4. The predicted octanol–water partition coefficient (Wildman–Crippen LogP) is 15.6. The Morgan fingerprint density at radius 1 is 0.339 bits per heavy atom. The maximum absolute atomic E-state index is 12.7. The Bertz CT molecular complexity index is 911. The molecule has 0 rings (SSSR count). The number of carbonyl (C=O) groups is 3. The maximum Gasteiger partial charge on any atom is 0.306 e. The summed E-state index contributed by atoms with van der Waals surface area (Å²) >= 11 is 0. The molecule has 1 unspecified atom stereocenters. The fourth-order valence-corrected chi connectivity index (χ4v) is 6.97. The molecule has 6 heteroatoms. The molecule has 56 heavy (non-hydrogen) atoms. The van der Waals surface area contributed by atoms with E-state index >= 15 is 0 Å². The molecule has 0 heterocycles. The van der Waals surface area contributed by atoms with Crippen LogP contribution in [0.1, 0.15) is 258 Å². The molecule has 0 aromatic carbocycles. The fourth-order valence-electron chi connectivity index (χ4n) is 6.97. The molecule has 0 aliphatic carbocycles. The van der Waals surface area contributed by atoms with Crippen LogP contribution in [0.15, 0.2) is 24.3 Å². The Labute approximate surface area is 347 Å². The molecule has 0 aliphatic heterocycles. The van der Waals surface area contributed by atoms with Crippen molar-refractivity contribution in [2.45, 2.75) is 264 Å². The van der Waals surface area contributed by atoms with Gasteiger partial charge in [-0.15, -0.1) is 0 Å². The quantitative estimate of drug-likeness (QED) is 0.0265. The van der Waals surface area contributed by atoms with Crippen molar-refractivity contribution >= 4 is 17.9 Å². The zero-order valence-electron chi connectivity index (χ0n) is 37.4. The lowest BCUT2D eigenvalue weighted by Gasteiger charge is -2.18. The largest absolute Gasteiger partial charge is 0.462 e. The van der Waals surface area contributed by atoms with E-state index in [4.69, 9.17) is 14.2 Å². The second-order valence-corrected chi connectivity index (χ2v) is 16.4. The van der Waals surface area contributed by atoms with Gasteiger partial charge in [0.1, 0.15) is 13.2 Å². The molecule has 1 atom stereocenters. The summed E-state index contributed by atoms with van der Waals surface area (Å²) in [5.74, 6) is -0.911. The first-order valence-electron chi connectivity index (χ1n) is 24.3. The summed E-state index contributed by atoms with van der Waals surface area (Å²) in [5.41, 5.74) is 0. The lowest BCUT2D eigenvalue weighted by atomic mass is 10.0. The van der Waals surface area contributed by atoms with E-state index < -0.39 is 6.10 Å². The van der Waals surface area contributed by atoms with E-state index in [1.165, 1.54) is 161 Å². The summed E-state index contributed by atoms with van der Waals surface area (Å²) in [4.78, 5) is 37.7. The van der Waals surface area contributed by atoms with Crippen molar-refractivity contribution in [2.75, 3.05) is 13.2 Å². The molecule has 0 fully saturated rings. The van der Waals surface area contributed by atoms with Crippen molar-refractivity contribution in [1.29, 1.82) is 0 Å². The molecule has 0 amide bonds. The van der Waals surface area contributed by atoms with Crippen molar-refractivity contribution in [3.63, 3.8) is 0 Å². The Hall–Kier alpha value is -2.11. The summed E-state index contributed by atoms with van der Waals surface area (Å²) in [6.45, 7) is 6.58. The van der Waals surface area contributed by atoms with E-state index in [9.17, 15) is 14.4 Å². The molecule has 0 radical (unpaired) electrons. The van der Waals surface area contributed by atoms with E-state index in [1.807, 2.05) is 0 Å². The van der Waals surface area contributed by atoms with Gasteiger partial charge in [-0.05, 0) is 64.2 Å². The Balaban J connectivity index is 4.33. The number of hydrogen-bond acceptors (Lipinski definition) is 6. The van der Waals surface area contributed by atoms with Crippen LogP contribution in [0.25, 0.3) is 0 Å². The minimum atomic E-state index is -0.777. The average molecular weight is 789 g/mol. The number of ether oxygens (including phenoxy) is 3. The van der Waals surface area contributed by atoms with Crippen LogP contribution in [-0.4, -0.2) is 37.2 Å². The van der Waals surface area contributed by atoms with Gasteiger partial charge in [0.2, 0.25) is 0 Å². The molecule has 0 saturated carbocycles. The fraction of sp³-hybridized carbons (Fsp3) is 0.860. The third kappa shape index (κ3) is 43.0. The molecule has 0 saturated heterocycles. The molecule has 0 spiro atoms. The van der Waals surface area contributed by atoms with E-state index in [0.717, 1.165) is 57.8 Å². The highest BCUT2D eigenvalue weighted by Crippen LogP contribution is 2.15. The Kier molecular flexibility index (Phi) is 43.9. The van der Waals surface area contributed by atoms with E-state index in [-0.39, 0.29) is 31.1 Å². The van der Waals surface area contributed by atoms with E-state index in [0.29, 0.717) is 19.3 Å². The lowest BCUT2D eigenvalue weighted by molar-refractivity contribution is -0.167. The topological polar surface area (TPSA) is 78.9 Å².